The molecule has 3 aromatic carbocycles. The standard InChI is InChI=1S/C27H19ClN2OS/c28-22-13-7-5-11-19(22)16-23-26(31)30-25(18-9-2-1-3-10-18)21-15-14-17-8-4-6-12-20(17)24(21)29-27(30)32-23/h1-13,16,25H,14-15H2/b23-16-/t25-/m1/s1. The number of fused-ring (bicyclic) bond motifs is 3. The maximum atomic E-state index is 13.6. The number of hydrogen-bond donors (Lipinski definition) is 0. The first-order chi connectivity index (χ1) is 15.7. The van der Waals surface area contributed by atoms with Crippen LogP contribution in [0.1, 0.15) is 34.7 Å². The minimum atomic E-state index is -0.149. The number of hydrogen-bond acceptors (Lipinski definition) is 3. The highest BCUT2D eigenvalue weighted by Gasteiger charge is 2.32. The molecule has 0 unspecified atom stereocenters. The lowest BCUT2D eigenvalue weighted by atomic mass is 9.83. The number of aryl methyl sites for hydroxylation is 1. The number of nitrogens with zero attached hydrogens (tertiary/aromatic N) is 2. The van der Waals surface area contributed by atoms with E-state index in [9.17, 15) is 4.79 Å². The highest BCUT2D eigenvalue weighted by molar-refractivity contribution is 7.07. The molecule has 0 radical (unpaired) electrons. The van der Waals surface area contributed by atoms with Gasteiger partial charge < -0.3 is 0 Å². The van der Waals surface area contributed by atoms with Crippen LogP contribution in [0, 0.1) is 0 Å². The van der Waals surface area contributed by atoms with Crippen molar-refractivity contribution in [2.45, 2.75) is 18.9 Å². The maximum Gasteiger partial charge on any atom is 0.271 e. The fourth-order valence-electron chi connectivity index (χ4n) is 4.69. The van der Waals surface area contributed by atoms with E-state index in [-0.39, 0.29) is 11.6 Å². The first-order valence-corrected chi connectivity index (χ1v) is 11.8. The summed E-state index contributed by atoms with van der Waals surface area (Å²) in [5, 5.41) is 0.631. The van der Waals surface area contributed by atoms with Gasteiger partial charge in [0.25, 0.3) is 5.56 Å². The molecule has 1 atom stereocenters. The Morgan fingerprint density at radius 3 is 2.53 bits per heavy atom. The molecular formula is C27H19ClN2OS. The number of thiazole rings is 1. The molecule has 0 saturated heterocycles. The van der Waals surface area contributed by atoms with E-state index in [1.165, 1.54) is 28.0 Å². The molecule has 1 aliphatic carbocycles. The summed E-state index contributed by atoms with van der Waals surface area (Å²) >= 11 is 7.80. The van der Waals surface area contributed by atoms with Crippen molar-refractivity contribution >= 4 is 34.7 Å². The Kier molecular flexibility index (Phi) is 4.71. The van der Waals surface area contributed by atoms with Gasteiger partial charge in [-0.15, -0.1) is 0 Å². The van der Waals surface area contributed by atoms with E-state index in [0.29, 0.717) is 9.55 Å². The van der Waals surface area contributed by atoms with E-state index in [4.69, 9.17) is 16.6 Å². The van der Waals surface area contributed by atoms with Crippen LogP contribution < -0.4 is 14.9 Å². The molecule has 4 aromatic rings. The topological polar surface area (TPSA) is 34.4 Å². The van der Waals surface area contributed by atoms with Crippen LogP contribution in [0.15, 0.2) is 94.2 Å². The molecule has 0 spiro atoms. The van der Waals surface area contributed by atoms with Crippen molar-refractivity contribution < 1.29 is 0 Å². The van der Waals surface area contributed by atoms with E-state index in [2.05, 4.69) is 36.4 Å². The van der Waals surface area contributed by atoms with Crippen LogP contribution in [0.2, 0.25) is 5.02 Å². The molecule has 3 nitrogen and oxygen atoms in total. The summed E-state index contributed by atoms with van der Waals surface area (Å²) in [7, 11) is 0. The lowest BCUT2D eigenvalue weighted by Crippen LogP contribution is -2.38. The van der Waals surface area contributed by atoms with E-state index in [1.54, 1.807) is 0 Å². The van der Waals surface area contributed by atoms with Crippen LogP contribution in [0.25, 0.3) is 11.8 Å². The number of benzene rings is 3. The molecule has 32 heavy (non-hydrogen) atoms. The van der Waals surface area contributed by atoms with Gasteiger partial charge in [0.05, 0.1) is 16.3 Å². The Hall–Kier alpha value is -3.21. The third-order valence-electron chi connectivity index (χ3n) is 6.18. The minimum absolute atomic E-state index is 0.0204. The van der Waals surface area contributed by atoms with Crippen LogP contribution in [0.3, 0.4) is 0 Å². The van der Waals surface area contributed by atoms with Gasteiger partial charge in [0.1, 0.15) is 0 Å². The average Bonchev–Trinajstić information content (AvgIpc) is 3.14. The first-order valence-electron chi connectivity index (χ1n) is 10.6. The third-order valence-corrected chi connectivity index (χ3v) is 7.51. The Balaban J connectivity index is 1.65. The molecule has 2 aliphatic rings. The van der Waals surface area contributed by atoms with E-state index >= 15 is 0 Å². The van der Waals surface area contributed by atoms with E-state index < -0.39 is 0 Å². The number of rotatable bonds is 2. The predicted octanol–water partition coefficient (Wildman–Crippen LogP) is 4.97. The zero-order valence-corrected chi connectivity index (χ0v) is 18.7. The summed E-state index contributed by atoms with van der Waals surface area (Å²) in [6.07, 6.45) is 3.73. The normalized spacial score (nSPS) is 17.4. The second-order valence-electron chi connectivity index (χ2n) is 8.05. The zero-order chi connectivity index (χ0) is 21.7. The van der Waals surface area contributed by atoms with Gasteiger partial charge in [-0.05, 0) is 47.2 Å². The summed E-state index contributed by atoms with van der Waals surface area (Å²) in [5.41, 5.74) is 6.66. The lowest BCUT2D eigenvalue weighted by Gasteiger charge is -2.30. The smallest absolute Gasteiger partial charge is 0.271 e. The Labute approximate surface area is 194 Å². The molecule has 0 N–H and O–H groups in total. The Bertz CT molecular complexity index is 1560. The fraction of sp³-hybridized carbons (Fsp3) is 0.111. The highest BCUT2D eigenvalue weighted by Crippen LogP contribution is 2.41. The SMILES string of the molecule is O=c1/c(=C/c2ccccc2Cl)sc2n1[C@H](c1ccccc1)C1=C(N=2)c2ccccc2CC1. The predicted molar refractivity (Wildman–Crippen MR) is 131 cm³/mol. The van der Waals surface area contributed by atoms with Crippen molar-refractivity contribution in [1.82, 2.24) is 4.57 Å². The van der Waals surface area contributed by atoms with Crippen molar-refractivity contribution in [1.29, 1.82) is 0 Å². The average molecular weight is 455 g/mol. The Morgan fingerprint density at radius 1 is 0.938 bits per heavy atom. The van der Waals surface area contributed by atoms with Crippen molar-refractivity contribution in [3.8, 4) is 0 Å². The van der Waals surface area contributed by atoms with Crippen LogP contribution >= 0.6 is 22.9 Å². The van der Waals surface area contributed by atoms with Crippen LogP contribution in [0.4, 0.5) is 0 Å². The summed E-state index contributed by atoms with van der Waals surface area (Å²) in [6, 6.07) is 26.2. The fourth-order valence-corrected chi connectivity index (χ4v) is 5.87. The monoisotopic (exact) mass is 454 g/mol. The highest BCUT2D eigenvalue weighted by atomic mass is 35.5. The number of allylic oxidation sites excluding steroid dienone is 1. The van der Waals surface area contributed by atoms with Gasteiger partial charge in [-0.3, -0.25) is 9.36 Å². The van der Waals surface area contributed by atoms with E-state index in [1.807, 2.05) is 53.1 Å². The Morgan fingerprint density at radius 2 is 1.69 bits per heavy atom. The molecule has 0 amide bonds. The van der Waals surface area contributed by atoms with Gasteiger partial charge in [0, 0.05) is 10.6 Å². The van der Waals surface area contributed by atoms with Gasteiger partial charge in [-0.25, -0.2) is 4.99 Å². The number of halogens is 1. The molecule has 0 bridgehead atoms. The van der Waals surface area contributed by atoms with Crippen molar-refractivity contribution in [2.24, 2.45) is 4.99 Å². The summed E-state index contributed by atoms with van der Waals surface area (Å²) in [6.45, 7) is 0. The lowest BCUT2D eigenvalue weighted by molar-refractivity contribution is 0.585. The number of aromatic nitrogens is 1. The van der Waals surface area contributed by atoms with Gasteiger partial charge in [-0.1, -0.05) is 95.7 Å². The third kappa shape index (κ3) is 3.10. The minimum Gasteiger partial charge on any atom is -0.272 e. The maximum absolute atomic E-state index is 13.6. The van der Waals surface area contributed by atoms with Gasteiger partial charge in [0.2, 0.25) is 0 Å². The largest absolute Gasteiger partial charge is 0.272 e. The van der Waals surface area contributed by atoms with Crippen LogP contribution in [0.5, 0.6) is 0 Å². The molecule has 1 aromatic heterocycles. The molecular weight excluding hydrogens is 436 g/mol. The molecule has 156 valence electrons. The van der Waals surface area contributed by atoms with Gasteiger partial charge in [0.15, 0.2) is 4.80 Å². The molecule has 0 saturated carbocycles. The van der Waals surface area contributed by atoms with Gasteiger partial charge >= 0.3 is 0 Å². The zero-order valence-electron chi connectivity index (χ0n) is 17.2. The second kappa shape index (κ2) is 7.73. The molecule has 2 heterocycles. The van der Waals surface area contributed by atoms with Gasteiger partial charge in [-0.2, -0.15) is 0 Å². The molecule has 6 rings (SSSR count). The van der Waals surface area contributed by atoms with Crippen molar-refractivity contribution in [3.05, 3.63) is 131 Å². The quantitative estimate of drug-likeness (QED) is 0.421. The molecule has 5 heteroatoms. The summed E-state index contributed by atoms with van der Waals surface area (Å²) in [5.74, 6) is 0. The summed E-state index contributed by atoms with van der Waals surface area (Å²) in [4.78, 5) is 19.4. The van der Waals surface area contributed by atoms with E-state index in [0.717, 1.165) is 34.5 Å². The van der Waals surface area contributed by atoms with Crippen LogP contribution in [-0.4, -0.2) is 4.57 Å². The molecule has 1 aliphatic heterocycles. The summed E-state index contributed by atoms with van der Waals surface area (Å²) < 4.78 is 2.51. The van der Waals surface area contributed by atoms with Crippen molar-refractivity contribution in [2.75, 3.05) is 0 Å². The first kappa shape index (κ1) is 19.5. The molecule has 0 fully saturated rings. The van der Waals surface area contributed by atoms with Crippen molar-refractivity contribution in [3.63, 3.8) is 0 Å². The second-order valence-corrected chi connectivity index (χ2v) is 9.46. The van der Waals surface area contributed by atoms with Crippen LogP contribution in [-0.2, 0) is 6.42 Å².